The van der Waals surface area contributed by atoms with Crippen LogP contribution in [0.1, 0.15) is 23.0 Å². The molecule has 0 atom stereocenters. The van der Waals surface area contributed by atoms with Crippen molar-refractivity contribution in [3.8, 4) is 5.75 Å². The number of carboxylic acid groups (broad SMARTS) is 1. The molecule has 0 bridgehead atoms. The minimum Gasteiger partial charge on any atom is -0.486 e. The van der Waals surface area contributed by atoms with E-state index in [4.69, 9.17) is 21.4 Å². The summed E-state index contributed by atoms with van der Waals surface area (Å²) in [4.78, 5) is 26.2. The molecule has 6 nitrogen and oxygen atoms in total. The number of thiazole rings is 1. The molecule has 0 aliphatic rings. The number of carbonyl (C=O) groups excluding carboxylic acids is 1. The summed E-state index contributed by atoms with van der Waals surface area (Å²) in [6.45, 7) is 1.49. The first kappa shape index (κ1) is 15.3. The first-order chi connectivity index (χ1) is 9.95. The van der Waals surface area contributed by atoms with Crippen LogP contribution in [0, 0.1) is 0 Å². The second-order valence-electron chi connectivity index (χ2n) is 4.06. The minimum absolute atomic E-state index is 0.0141. The highest BCUT2D eigenvalue weighted by molar-refractivity contribution is 7.13. The lowest BCUT2D eigenvalue weighted by molar-refractivity contribution is -0.114. The molecule has 1 aromatic heterocycles. The van der Waals surface area contributed by atoms with Crippen molar-refractivity contribution >= 4 is 39.9 Å². The zero-order valence-corrected chi connectivity index (χ0v) is 12.5. The van der Waals surface area contributed by atoms with Gasteiger partial charge in [-0.3, -0.25) is 4.79 Å². The summed E-state index contributed by atoms with van der Waals surface area (Å²) in [5.41, 5.74) is 0.579. The summed E-state index contributed by atoms with van der Waals surface area (Å²) in [5, 5.41) is 14.2. The highest BCUT2D eigenvalue weighted by Crippen LogP contribution is 2.24. The number of ether oxygens (including phenoxy) is 1. The maximum atomic E-state index is 11.1. The molecule has 0 radical (unpaired) electrons. The van der Waals surface area contributed by atoms with E-state index in [0.717, 1.165) is 0 Å². The van der Waals surface area contributed by atoms with Gasteiger partial charge in [0.2, 0.25) is 5.91 Å². The first-order valence-corrected chi connectivity index (χ1v) is 7.09. The van der Waals surface area contributed by atoms with Gasteiger partial charge >= 0.3 is 5.97 Å². The number of hydrogen-bond acceptors (Lipinski definition) is 5. The van der Waals surface area contributed by atoms with E-state index in [2.05, 4.69) is 10.3 Å². The maximum Gasteiger partial charge on any atom is 0.339 e. The van der Waals surface area contributed by atoms with Crippen molar-refractivity contribution in [3.05, 3.63) is 39.9 Å². The van der Waals surface area contributed by atoms with Crippen LogP contribution in [-0.2, 0) is 11.4 Å². The molecule has 21 heavy (non-hydrogen) atoms. The van der Waals surface area contributed by atoms with Crippen molar-refractivity contribution in [2.45, 2.75) is 13.5 Å². The molecule has 0 spiro atoms. The van der Waals surface area contributed by atoms with Gasteiger partial charge in [0.1, 0.15) is 17.9 Å². The lowest BCUT2D eigenvalue weighted by Gasteiger charge is -2.08. The number of nitrogens with one attached hydrogen (secondary N) is 1. The summed E-state index contributed by atoms with van der Waals surface area (Å²) in [6, 6.07) is 4.36. The van der Waals surface area contributed by atoms with Gasteiger partial charge < -0.3 is 15.2 Å². The third-order valence-corrected chi connectivity index (χ3v) is 3.42. The van der Waals surface area contributed by atoms with Crippen molar-refractivity contribution in [2.24, 2.45) is 0 Å². The maximum absolute atomic E-state index is 11.1. The number of carbonyl (C=O) groups is 2. The van der Waals surface area contributed by atoms with Crippen LogP contribution in [0.5, 0.6) is 5.75 Å². The summed E-state index contributed by atoms with van der Waals surface area (Å²) < 4.78 is 5.45. The van der Waals surface area contributed by atoms with Crippen LogP contribution >= 0.6 is 22.9 Å². The third kappa shape index (κ3) is 4.17. The van der Waals surface area contributed by atoms with E-state index in [1.54, 1.807) is 11.4 Å². The fourth-order valence-corrected chi connectivity index (χ4v) is 2.44. The molecule has 0 saturated heterocycles. The van der Waals surface area contributed by atoms with E-state index in [1.165, 1.54) is 30.4 Å². The number of nitrogens with zero attached hydrogens (tertiary/aromatic N) is 1. The number of benzene rings is 1. The van der Waals surface area contributed by atoms with Crippen molar-refractivity contribution in [3.63, 3.8) is 0 Å². The van der Waals surface area contributed by atoms with E-state index in [9.17, 15) is 9.59 Å². The zero-order valence-electron chi connectivity index (χ0n) is 10.9. The zero-order chi connectivity index (χ0) is 15.4. The SMILES string of the molecule is CC(=O)Nc1nc(COc2ccc(Cl)cc2C(=O)O)cs1. The number of rotatable bonds is 5. The number of amides is 1. The van der Waals surface area contributed by atoms with Crippen molar-refractivity contribution < 1.29 is 19.4 Å². The summed E-state index contributed by atoms with van der Waals surface area (Å²) in [5.74, 6) is -1.12. The van der Waals surface area contributed by atoms with E-state index < -0.39 is 5.97 Å². The van der Waals surface area contributed by atoms with Gasteiger partial charge in [-0.2, -0.15) is 0 Å². The number of aromatic nitrogens is 1. The Balaban J connectivity index is 2.08. The number of aromatic carboxylic acids is 1. The summed E-state index contributed by atoms with van der Waals surface area (Å²) >= 11 is 7.03. The van der Waals surface area contributed by atoms with Gasteiger partial charge in [-0.15, -0.1) is 11.3 Å². The topological polar surface area (TPSA) is 88.5 Å². The molecule has 0 saturated carbocycles. The number of hydrogen-bond donors (Lipinski definition) is 2. The molecular formula is C13H11ClN2O4S. The van der Waals surface area contributed by atoms with Crippen molar-refractivity contribution in [1.82, 2.24) is 4.98 Å². The molecule has 1 amide bonds. The van der Waals surface area contributed by atoms with Crippen LogP contribution in [0.15, 0.2) is 23.6 Å². The van der Waals surface area contributed by atoms with Gasteiger partial charge in [0.25, 0.3) is 0 Å². The van der Waals surface area contributed by atoms with Gasteiger partial charge in [0, 0.05) is 17.3 Å². The Morgan fingerprint density at radius 1 is 1.48 bits per heavy atom. The molecule has 1 heterocycles. The standard InChI is InChI=1S/C13H11ClN2O4S/c1-7(17)15-13-16-9(6-21-13)5-20-11-3-2-8(14)4-10(11)12(18)19/h2-4,6H,5H2,1H3,(H,18,19)(H,15,16,17). The number of carboxylic acids is 1. The fourth-order valence-electron chi connectivity index (χ4n) is 1.53. The molecule has 0 fully saturated rings. The van der Waals surface area contributed by atoms with E-state index >= 15 is 0 Å². The minimum atomic E-state index is -1.12. The third-order valence-electron chi connectivity index (χ3n) is 2.38. The largest absolute Gasteiger partial charge is 0.486 e. The quantitative estimate of drug-likeness (QED) is 0.881. The summed E-state index contributed by atoms with van der Waals surface area (Å²) in [7, 11) is 0. The van der Waals surface area contributed by atoms with E-state index in [0.29, 0.717) is 15.8 Å². The van der Waals surface area contributed by atoms with Crippen molar-refractivity contribution in [1.29, 1.82) is 0 Å². The van der Waals surface area contributed by atoms with Crippen LogP contribution < -0.4 is 10.1 Å². The molecule has 0 unspecified atom stereocenters. The first-order valence-electron chi connectivity index (χ1n) is 5.83. The predicted octanol–water partition coefficient (Wildman–Crippen LogP) is 3.03. The van der Waals surface area contributed by atoms with Gasteiger partial charge in [-0.25, -0.2) is 9.78 Å². The lowest BCUT2D eigenvalue weighted by atomic mass is 10.2. The molecule has 110 valence electrons. The Labute approximate surface area is 129 Å². The second kappa shape index (κ2) is 6.55. The molecule has 8 heteroatoms. The van der Waals surface area contributed by atoms with E-state index in [1.807, 2.05) is 0 Å². The average Bonchev–Trinajstić information content (AvgIpc) is 2.83. The summed E-state index contributed by atoms with van der Waals surface area (Å²) in [6.07, 6.45) is 0. The molecule has 2 rings (SSSR count). The molecule has 1 aromatic carbocycles. The second-order valence-corrected chi connectivity index (χ2v) is 5.35. The predicted molar refractivity (Wildman–Crippen MR) is 79.2 cm³/mol. The Kier molecular flexibility index (Phi) is 4.77. The molecule has 2 N–H and O–H groups in total. The Hall–Kier alpha value is -2.12. The van der Waals surface area contributed by atoms with Gasteiger partial charge in [-0.1, -0.05) is 11.6 Å². The molecule has 2 aromatic rings. The number of anilines is 1. The molecule has 0 aliphatic heterocycles. The normalized spacial score (nSPS) is 10.2. The van der Waals surface area contributed by atoms with Crippen LogP contribution in [0.4, 0.5) is 5.13 Å². The van der Waals surface area contributed by atoms with Crippen LogP contribution in [0.25, 0.3) is 0 Å². The van der Waals surface area contributed by atoms with Crippen LogP contribution in [-0.4, -0.2) is 22.0 Å². The highest BCUT2D eigenvalue weighted by atomic mass is 35.5. The Morgan fingerprint density at radius 3 is 2.90 bits per heavy atom. The monoisotopic (exact) mass is 326 g/mol. The smallest absolute Gasteiger partial charge is 0.339 e. The van der Waals surface area contributed by atoms with Gasteiger partial charge in [0.05, 0.1) is 5.69 Å². The van der Waals surface area contributed by atoms with Gasteiger partial charge in [-0.05, 0) is 18.2 Å². The van der Waals surface area contributed by atoms with Crippen LogP contribution in [0.2, 0.25) is 5.02 Å². The molecular weight excluding hydrogens is 316 g/mol. The lowest BCUT2D eigenvalue weighted by Crippen LogP contribution is -2.06. The Bertz CT molecular complexity index is 687. The van der Waals surface area contributed by atoms with Gasteiger partial charge in [0.15, 0.2) is 5.13 Å². The van der Waals surface area contributed by atoms with Crippen LogP contribution in [0.3, 0.4) is 0 Å². The molecule has 0 aliphatic carbocycles. The van der Waals surface area contributed by atoms with Crippen molar-refractivity contribution in [2.75, 3.05) is 5.32 Å². The number of halogens is 1. The fraction of sp³-hybridized carbons (Fsp3) is 0.154. The Morgan fingerprint density at radius 2 is 2.24 bits per heavy atom. The van der Waals surface area contributed by atoms with E-state index in [-0.39, 0.29) is 23.8 Å². The highest BCUT2D eigenvalue weighted by Gasteiger charge is 2.13. The average molecular weight is 327 g/mol.